The summed E-state index contributed by atoms with van der Waals surface area (Å²) in [7, 11) is 0. The number of nitrogen functional groups attached to an aromatic ring is 2. The van der Waals surface area contributed by atoms with Crippen molar-refractivity contribution >= 4 is 50.4 Å². The summed E-state index contributed by atoms with van der Waals surface area (Å²) in [5, 5.41) is 0.828. The number of carbonyl (C=O) groups is 1. The number of rotatable bonds is 2. The van der Waals surface area contributed by atoms with Crippen molar-refractivity contribution in [3.63, 3.8) is 0 Å². The highest BCUT2D eigenvalue weighted by molar-refractivity contribution is 9.10. The molecule has 8 N–H and O–H groups in total. The van der Waals surface area contributed by atoms with Crippen LogP contribution in [0.15, 0.2) is 38.1 Å². The number of amides is 1. The van der Waals surface area contributed by atoms with Gasteiger partial charge < -0.3 is 27.4 Å². The Morgan fingerprint density at radius 1 is 1.12 bits per heavy atom. The molecule has 1 amide bonds. The molecule has 0 aliphatic heterocycles. The van der Waals surface area contributed by atoms with Gasteiger partial charge in [-0.3, -0.25) is 4.79 Å². The molecule has 0 radical (unpaired) electrons. The van der Waals surface area contributed by atoms with E-state index in [1.165, 1.54) is 0 Å². The normalized spacial score (nSPS) is 10.7. The molecule has 0 unspecified atom stereocenters. The second-order valence-corrected chi connectivity index (χ2v) is 5.74. The van der Waals surface area contributed by atoms with Crippen molar-refractivity contribution in [1.82, 2.24) is 9.97 Å². The van der Waals surface area contributed by atoms with Crippen LogP contribution < -0.4 is 22.9 Å². The molecule has 0 bridgehead atoms. The molecule has 10 heteroatoms. The largest absolute Gasteiger partial charge is 0.454 e. The predicted octanol–water partition coefficient (Wildman–Crippen LogP) is 1.23. The molecule has 0 spiro atoms. The topological polar surface area (TPSA) is 172 Å². The lowest BCUT2D eigenvalue weighted by Crippen LogP contribution is -2.25. The minimum atomic E-state index is -0.819. The number of benzene rings is 1. The van der Waals surface area contributed by atoms with Crippen LogP contribution in [0.2, 0.25) is 0 Å². The summed E-state index contributed by atoms with van der Waals surface area (Å²) in [6.45, 7) is 0. The van der Waals surface area contributed by atoms with Gasteiger partial charge in [0.15, 0.2) is 29.0 Å². The van der Waals surface area contributed by atoms with Gasteiger partial charge in [-0.2, -0.15) is 4.99 Å². The van der Waals surface area contributed by atoms with Gasteiger partial charge in [0, 0.05) is 9.86 Å². The number of hydrogen-bond acceptors (Lipinski definition) is 6. The molecule has 0 saturated carbocycles. The van der Waals surface area contributed by atoms with Gasteiger partial charge in [-0.1, -0.05) is 15.9 Å². The monoisotopic (exact) mass is 389 g/mol. The Morgan fingerprint density at radius 3 is 2.58 bits per heavy atom. The van der Waals surface area contributed by atoms with Gasteiger partial charge in [0.2, 0.25) is 0 Å². The molecule has 0 fully saturated rings. The molecule has 2 aromatic heterocycles. The Labute approximate surface area is 143 Å². The molecule has 0 saturated heterocycles. The number of furan rings is 1. The van der Waals surface area contributed by atoms with Crippen molar-refractivity contribution in [3.05, 3.63) is 34.4 Å². The van der Waals surface area contributed by atoms with Gasteiger partial charge in [-0.25, -0.2) is 9.97 Å². The Kier molecular flexibility index (Phi) is 3.81. The number of aromatic nitrogens is 2. The van der Waals surface area contributed by atoms with E-state index in [0.717, 1.165) is 9.86 Å². The fourth-order valence-electron chi connectivity index (χ4n) is 2.10. The summed E-state index contributed by atoms with van der Waals surface area (Å²) in [6.07, 6.45) is 0. The summed E-state index contributed by atoms with van der Waals surface area (Å²) >= 11 is 3.38. The molecular weight excluding hydrogens is 378 g/mol. The zero-order valence-electron chi connectivity index (χ0n) is 12.2. The fraction of sp³-hybridized carbons (Fsp3) is 0. The zero-order valence-corrected chi connectivity index (χ0v) is 13.7. The standard InChI is InChI=1S/C14H12BrN7O2/c15-6-1-2-7-5(3-6)4-8(24-7)9-11(16)21-12(17)10(20-9)13(23)22-14(18)19/h1-4H,(H4,16,17,21)(H4,18,19,22,23). The lowest BCUT2D eigenvalue weighted by molar-refractivity contribution is 0.0999. The van der Waals surface area contributed by atoms with Crippen molar-refractivity contribution in [2.45, 2.75) is 0 Å². The average molecular weight is 390 g/mol. The van der Waals surface area contributed by atoms with Crippen LogP contribution in [0.25, 0.3) is 22.4 Å². The summed E-state index contributed by atoms with van der Waals surface area (Å²) in [5.74, 6) is -1.04. The molecule has 0 atom stereocenters. The zero-order chi connectivity index (χ0) is 17.4. The van der Waals surface area contributed by atoms with Gasteiger partial charge in [-0.15, -0.1) is 0 Å². The third-order valence-electron chi connectivity index (χ3n) is 3.09. The Bertz CT molecular complexity index is 992. The highest BCUT2D eigenvalue weighted by atomic mass is 79.9. The SMILES string of the molecule is NC(N)=NC(=O)c1nc(-c2cc3cc(Br)ccc3o2)c(N)nc1N. The number of nitrogens with zero attached hydrogens (tertiary/aromatic N) is 3. The molecule has 24 heavy (non-hydrogen) atoms. The van der Waals surface area contributed by atoms with Gasteiger partial charge in [0.05, 0.1) is 0 Å². The Hall–Kier alpha value is -3.14. The van der Waals surface area contributed by atoms with Crippen LogP contribution in [0.4, 0.5) is 11.6 Å². The second kappa shape index (κ2) is 5.81. The van der Waals surface area contributed by atoms with Crippen molar-refractivity contribution in [3.8, 4) is 11.5 Å². The van der Waals surface area contributed by atoms with E-state index < -0.39 is 11.9 Å². The van der Waals surface area contributed by atoms with Crippen molar-refractivity contribution in [2.24, 2.45) is 16.5 Å². The minimum absolute atomic E-state index is 0.0203. The van der Waals surface area contributed by atoms with E-state index in [2.05, 4.69) is 30.9 Å². The first-order valence-corrected chi connectivity index (χ1v) is 7.41. The first-order chi connectivity index (χ1) is 11.3. The Morgan fingerprint density at radius 2 is 1.88 bits per heavy atom. The predicted molar refractivity (Wildman–Crippen MR) is 93.9 cm³/mol. The quantitative estimate of drug-likeness (QED) is 0.373. The summed E-state index contributed by atoms with van der Waals surface area (Å²) in [5.41, 5.74) is 22.5. The Balaban J connectivity index is 2.15. The number of hydrogen-bond donors (Lipinski definition) is 4. The molecule has 2 heterocycles. The first-order valence-electron chi connectivity index (χ1n) is 6.61. The summed E-state index contributed by atoms with van der Waals surface area (Å²) in [6, 6.07) is 7.22. The van der Waals surface area contributed by atoms with Crippen molar-refractivity contribution < 1.29 is 9.21 Å². The smallest absolute Gasteiger partial charge is 0.302 e. The van der Waals surface area contributed by atoms with Crippen LogP contribution in [0.3, 0.4) is 0 Å². The van der Waals surface area contributed by atoms with E-state index >= 15 is 0 Å². The van der Waals surface area contributed by atoms with Crippen molar-refractivity contribution in [1.29, 1.82) is 0 Å². The molecule has 3 rings (SSSR count). The lowest BCUT2D eigenvalue weighted by Gasteiger charge is -2.05. The number of nitrogens with two attached hydrogens (primary N) is 4. The first kappa shape index (κ1) is 15.7. The van der Waals surface area contributed by atoms with Crippen LogP contribution in [0.5, 0.6) is 0 Å². The van der Waals surface area contributed by atoms with Crippen molar-refractivity contribution in [2.75, 3.05) is 11.5 Å². The maximum absolute atomic E-state index is 12.0. The lowest BCUT2D eigenvalue weighted by atomic mass is 10.2. The number of guanidine groups is 1. The number of anilines is 2. The summed E-state index contributed by atoms with van der Waals surface area (Å²) < 4.78 is 6.60. The fourth-order valence-corrected chi connectivity index (χ4v) is 2.48. The highest BCUT2D eigenvalue weighted by Gasteiger charge is 2.19. The molecule has 0 aliphatic rings. The maximum atomic E-state index is 12.0. The third kappa shape index (κ3) is 2.86. The van der Waals surface area contributed by atoms with Crippen LogP contribution >= 0.6 is 15.9 Å². The molecule has 3 aromatic rings. The van der Waals surface area contributed by atoms with Crippen LogP contribution in [-0.2, 0) is 0 Å². The molecular formula is C14H12BrN7O2. The van der Waals surface area contributed by atoms with E-state index in [-0.39, 0.29) is 23.0 Å². The van der Waals surface area contributed by atoms with Crippen LogP contribution in [0.1, 0.15) is 10.5 Å². The number of fused-ring (bicyclic) bond motifs is 1. The van der Waals surface area contributed by atoms with Gasteiger partial charge in [-0.05, 0) is 24.3 Å². The minimum Gasteiger partial charge on any atom is -0.454 e. The average Bonchev–Trinajstić information content (AvgIpc) is 2.88. The van der Waals surface area contributed by atoms with E-state index in [9.17, 15) is 4.79 Å². The molecule has 9 nitrogen and oxygen atoms in total. The van der Waals surface area contributed by atoms with Gasteiger partial charge in [0.1, 0.15) is 11.3 Å². The van der Waals surface area contributed by atoms with Crippen LogP contribution in [0, 0.1) is 0 Å². The number of halogens is 1. The third-order valence-corrected chi connectivity index (χ3v) is 3.59. The number of carbonyl (C=O) groups excluding carboxylic acids is 1. The van der Waals surface area contributed by atoms with E-state index in [1.54, 1.807) is 12.1 Å². The van der Waals surface area contributed by atoms with E-state index in [0.29, 0.717) is 11.3 Å². The second-order valence-electron chi connectivity index (χ2n) is 4.83. The van der Waals surface area contributed by atoms with E-state index in [4.69, 9.17) is 27.4 Å². The molecule has 1 aromatic carbocycles. The molecule has 122 valence electrons. The van der Waals surface area contributed by atoms with Crippen LogP contribution in [-0.4, -0.2) is 21.8 Å². The number of aliphatic imine (C=N–C) groups is 1. The molecule has 0 aliphatic carbocycles. The van der Waals surface area contributed by atoms with Gasteiger partial charge in [0.25, 0.3) is 0 Å². The highest BCUT2D eigenvalue weighted by Crippen LogP contribution is 2.31. The maximum Gasteiger partial charge on any atom is 0.302 e. The van der Waals surface area contributed by atoms with E-state index in [1.807, 2.05) is 12.1 Å². The van der Waals surface area contributed by atoms with Gasteiger partial charge >= 0.3 is 5.91 Å². The summed E-state index contributed by atoms with van der Waals surface area (Å²) in [4.78, 5) is 23.4.